The fourth-order valence-corrected chi connectivity index (χ4v) is 6.93. The van der Waals surface area contributed by atoms with Crippen LogP contribution in [0.25, 0.3) is 0 Å². The molecule has 0 atom stereocenters. The van der Waals surface area contributed by atoms with Crippen molar-refractivity contribution in [3.63, 3.8) is 0 Å². The van der Waals surface area contributed by atoms with E-state index in [9.17, 15) is 28.8 Å². The lowest BCUT2D eigenvalue weighted by Gasteiger charge is -2.36. The molecule has 0 aromatic carbocycles. The highest BCUT2D eigenvalue weighted by atomic mass is 16.6. The van der Waals surface area contributed by atoms with Crippen molar-refractivity contribution in [3.05, 3.63) is 0 Å². The van der Waals surface area contributed by atoms with Crippen molar-refractivity contribution in [2.75, 3.05) is 26.4 Å². The number of ether oxygens (including phenoxy) is 6. The molecule has 396 valence electrons. The highest BCUT2D eigenvalue weighted by Gasteiger charge is 2.35. The van der Waals surface area contributed by atoms with Crippen molar-refractivity contribution in [2.45, 2.75) is 273 Å². The highest BCUT2D eigenvalue weighted by molar-refractivity contribution is 5.84. The molecule has 12 nitrogen and oxygen atoms in total. The third kappa shape index (κ3) is 27.7. The summed E-state index contributed by atoms with van der Waals surface area (Å²) in [6, 6.07) is 0. The molecule has 0 bridgehead atoms. The molecule has 0 radical (unpaired) electrons. The Hall–Kier alpha value is -3.02. The summed E-state index contributed by atoms with van der Waals surface area (Å²) < 4.78 is 32.3. The van der Waals surface area contributed by atoms with Crippen molar-refractivity contribution in [2.24, 2.45) is 16.2 Å². The average molecular weight is 949 g/mol. The quantitative estimate of drug-likeness (QED) is 0.0841. The largest absolute Gasteiger partial charge is 0.465 e. The number of carbonyl (C=O) groups excluding carboxylic acids is 6. The second-order valence-corrected chi connectivity index (χ2v) is 19.6. The molecule has 3 aliphatic rings. The minimum absolute atomic E-state index is 0. The van der Waals surface area contributed by atoms with Crippen LogP contribution in [0.5, 0.6) is 0 Å². The van der Waals surface area contributed by atoms with E-state index in [2.05, 4.69) is 6.92 Å². The van der Waals surface area contributed by atoms with Gasteiger partial charge in [0.15, 0.2) is 12.4 Å². The van der Waals surface area contributed by atoms with Crippen LogP contribution in [-0.2, 0) is 57.2 Å². The molecule has 12 heteroatoms. The molecule has 66 heavy (non-hydrogen) atoms. The van der Waals surface area contributed by atoms with Crippen LogP contribution in [0.3, 0.4) is 0 Å². The van der Waals surface area contributed by atoms with Crippen LogP contribution in [0.2, 0.25) is 0 Å². The number of rotatable bonds is 20. The van der Waals surface area contributed by atoms with E-state index in [1.165, 1.54) is 12.8 Å². The average Bonchev–Trinajstić information content (AvgIpc) is 3.66. The zero-order chi connectivity index (χ0) is 45.7. The van der Waals surface area contributed by atoms with Crippen LogP contribution in [-0.4, -0.2) is 78.9 Å². The number of hydrogen-bond donors (Lipinski definition) is 0. The summed E-state index contributed by atoms with van der Waals surface area (Å²) in [6.07, 6.45) is 18.3. The standard InChI is InChI=1S/C17H30O4.C16H28O4.C15H26O4.6CH4/c1-5-16(3,4)15(19)20-13-10-14(18)21-17(6-2)11-8-7-9-12-17;1-5-15(2,3)14(18)19-12-9-13(17)20-16(4)10-7-6-8-11-16;1-5-14(2,3)13(17)18-10-12(16)11-19-15(4)8-6-7-9-15;;;;;;/h5-13H2,1-4H3;5-12H2,1-4H3;5-11H2,1-4H3;6*1H4. The zero-order valence-electron chi connectivity index (χ0n) is 39.9. The first kappa shape index (κ1) is 74.5. The van der Waals surface area contributed by atoms with E-state index in [1.54, 1.807) is 0 Å². The predicted molar refractivity (Wildman–Crippen MR) is 272 cm³/mol. The van der Waals surface area contributed by atoms with Gasteiger partial charge < -0.3 is 28.4 Å². The Morgan fingerprint density at radius 1 is 0.439 bits per heavy atom. The van der Waals surface area contributed by atoms with Crippen LogP contribution in [0.4, 0.5) is 0 Å². The van der Waals surface area contributed by atoms with Gasteiger partial charge in [-0.05, 0) is 145 Å². The van der Waals surface area contributed by atoms with E-state index < -0.39 is 16.2 Å². The molecule has 3 aliphatic carbocycles. The molecule has 0 saturated heterocycles. The lowest BCUT2D eigenvalue weighted by molar-refractivity contribution is -0.168. The van der Waals surface area contributed by atoms with Crippen LogP contribution in [0.1, 0.15) is 256 Å². The number of hydrogen-bond acceptors (Lipinski definition) is 12. The van der Waals surface area contributed by atoms with Gasteiger partial charge in [-0.25, -0.2) is 0 Å². The fraction of sp³-hybridized carbons (Fsp3) is 0.889. The lowest BCUT2D eigenvalue weighted by atomic mass is 9.83. The van der Waals surface area contributed by atoms with E-state index in [0.29, 0.717) is 12.8 Å². The van der Waals surface area contributed by atoms with Crippen molar-refractivity contribution in [1.82, 2.24) is 0 Å². The van der Waals surface area contributed by atoms with E-state index >= 15 is 0 Å². The van der Waals surface area contributed by atoms with Gasteiger partial charge in [-0.15, -0.1) is 0 Å². The number of Topliss-reactive ketones (excluding diaryl/α,β-unsaturated/α-hetero) is 1. The van der Waals surface area contributed by atoms with E-state index in [4.69, 9.17) is 28.4 Å². The molecule has 3 rings (SSSR count). The van der Waals surface area contributed by atoms with Crippen molar-refractivity contribution in [3.8, 4) is 0 Å². The maximum absolute atomic E-state index is 12.0. The molecule has 0 spiro atoms. The molecule has 0 heterocycles. The highest BCUT2D eigenvalue weighted by Crippen LogP contribution is 2.35. The maximum Gasteiger partial charge on any atom is 0.311 e. The zero-order valence-corrected chi connectivity index (χ0v) is 39.9. The van der Waals surface area contributed by atoms with Crippen LogP contribution < -0.4 is 0 Å². The van der Waals surface area contributed by atoms with E-state index in [0.717, 1.165) is 89.9 Å². The Morgan fingerprint density at radius 2 is 0.773 bits per heavy atom. The van der Waals surface area contributed by atoms with E-state index in [1.807, 2.05) is 76.2 Å². The van der Waals surface area contributed by atoms with Gasteiger partial charge in [0.05, 0.1) is 34.7 Å². The van der Waals surface area contributed by atoms with Gasteiger partial charge >= 0.3 is 29.8 Å². The normalized spacial score (nSPS) is 16.6. The summed E-state index contributed by atoms with van der Waals surface area (Å²) in [7, 11) is 0. The van der Waals surface area contributed by atoms with Crippen molar-refractivity contribution < 1.29 is 57.2 Å². The van der Waals surface area contributed by atoms with Crippen LogP contribution in [0.15, 0.2) is 0 Å². The molecule has 0 N–H and O–H groups in total. The summed E-state index contributed by atoms with van der Waals surface area (Å²) in [5, 5.41) is 0. The van der Waals surface area contributed by atoms with Gasteiger partial charge in [-0.3, -0.25) is 28.8 Å². The first-order chi connectivity index (χ1) is 27.9. The summed E-state index contributed by atoms with van der Waals surface area (Å²) >= 11 is 0. The van der Waals surface area contributed by atoms with Gasteiger partial charge in [-0.1, -0.05) is 97.9 Å². The SMILES string of the molecule is C.C.C.C.C.C.CCC(C)(C)C(=O)OCC(=O)COC1(C)CCCC1.CCC(C)(C)C(=O)OCCC(=O)OC1(C)CCCCC1.CCC1(OC(=O)CCOC(=O)C(C)(C)CC)CCCCC1. The van der Waals surface area contributed by atoms with Gasteiger partial charge in [0.25, 0.3) is 0 Å². The molecule has 0 aromatic heterocycles. The molecule has 0 aromatic rings. The molecule has 3 fully saturated rings. The Labute approximate surface area is 407 Å². The molecule has 0 amide bonds. The summed E-state index contributed by atoms with van der Waals surface area (Å²) in [6.45, 7) is 23.0. The number of esters is 5. The smallest absolute Gasteiger partial charge is 0.311 e. The summed E-state index contributed by atoms with van der Waals surface area (Å²) in [4.78, 5) is 70.7. The molecule has 3 saturated carbocycles. The van der Waals surface area contributed by atoms with Crippen LogP contribution in [0, 0.1) is 16.2 Å². The van der Waals surface area contributed by atoms with Crippen molar-refractivity contribution >= 4 is 35.6 Å². The van der Waals surface area contributed by atoms with E-state index in [-0.39, 0.29) is 136 Å². The molecular formula is C54H108O12. The first-order valence-electron chi connectivity index (χ1n) is 23.0. The maximum atomic E-state index is 12.0. The Balaban J connectivity index is -0.000000196. The fourth-order valence-electron chi connectivity index (χ4n) is 6.93. The van der Waals surface area contributed by atoms with Gasteiger partial charge in [0, 0.05) is 0 Å². The molecule has 0 unspecified atom stereocenters. The predicted octanol–water partition coefficient (Wildman–Crippen LogP) is 14.3. The Kier molecular flexibility index (Phi) is 39.7. The topological polar surface area (TPSA) is 158 Å². The molecule has 0 aliphatic heterocycles. The Bertz CT molecular complexity index is 1350. The third-order valence-corrected chi connectivity index (χ3v) is 13.0. The lowest BCUT2D eigenvalue weighted by Crippen LogP contribution is -2.37. The van der Waals surface area contributed by atoms with Crippen molar-refractivity contribution in [1.29, 1.82) is 0 Å². The minimum atomic E-state index is -0.529. The monoisotopic (exact) mass is 949 g/mol. The van der Waals surface area contributed by atoms with Gasteiger partial charge in [0.1, 0.15) is 31.0 Å². The van der Waals surface area contributed by atoms with Gasteiger partial charge in [-0.2, -0.15) is 0 Å². The first-order valence-corrected chi connectivity index (χ1v) is 23.0. The minimum Gasteiger partial charge on any atom is -0.465 e. The Morgan fingerprint density at radius 3 is 1.15 bits per heavy atom. The summed E-state index contributed by atoms with van der Waals surface area (Å²) in [5.41, 5.74) is -2.26. The number of ketones is 1. The molecular weight excluding hydrogens is 841 g/mol. The van der Waals surface area contributed by atoms with Crippen LogP contribution >= 0.6 is 0 Å². The number of carbonyl (C=O) groups is 6. The third-order valence-electron chi connectivity index (χ3n) is 13.0. The second kappa shape index (κ2) is 35.1. The summed E-state index contributed by atoms with van der Waals surface area (Å²) in [5.74, 6) is -1.52. The second-order valence-electron chi connectivity index (χ2n) is 19.6. The van der Waals surface area contributed by atoms with Gasteiger partial charge in [0.2, 0.25) is 0 Å².